The van der Waals surface area contributed by atoms with Crippen molar-refractivity contribution in [1.29, 1.82) is 0 Å². The molecular formula is C5H7O2. The zero-order valence-corrected chi connectivity index (χ0v) is 4.14. The lowest BCUT2D eigenvalue weighted by atomic mass is 10.3. The molecule has 0 saturated carbocycles. The topological polar surface area (TPSA) is 37.3 Å². The van der Waals surface area contributed by atoms with Crippen molar-refractivity contribution in [3.8, 4) is 0 Å². The first kappa shape index (κ1) is 6.25. The Bertz CT molecular complexity index is 90.3. The molecule has 0 aromatic rings. The lowest BCUT2D eigenvalue weighted by Gasteiger charge is -1.83. The number of carbonyl (C=O) groups excluding carboxylic acids is 1. The van der Waals surface area contributed by atoms with E-state index in [0.717, 1.165) is 0 Å². The molecule has 0 amide bonds. The number of aliphatic hydroxyl groups is 1. The van der Waals surface area contributed by atoms with Gasteiger partial charge in [-0.25, -0.2) is 4.79 Å². The van der Waals surface area contributed by atoms with Crippen LogP contribution in [-0.2, 0) is 4.79 Å². The van der Waals surface area contributed by atoms with Gasteiger partial charge in [-0.05, 0) is 6.42 Å². The van der Waals surface area contributed by atoms with Gasteiger partial charge in [0.05, 0.1) is 0 Å². The normalized spacial score (nSPS) is 7.57. The van der Waals surface area contributed by atoms with Crippen LogP contribution in [0.2, 0.25) is 0 Å². The second-order valence-electron chi connectivity index (χ2n) is 1.10. The molecule has 7 heavy (non-hydrogen) atoms. The van der Waals surface area contributed by atoms with Gasteiger partial charge in [0.1, 0.15) is 0 Å². The first-order chi connectivity index (χ1) is 3.31. The van der Waals surface area contributed by atoms with Gasteiger partial charge in [-0.3, -0.25) is 0 Å². The van der Waals surface area contributed by atoms with Crippen LogP contribution >= 0.6 is 0 Å². The fraction of sp³-hybridized carbons (Fsp3) is 0.400. The zero-order valence-electron chi connectivity index (χ0n) is 4.14. The summed E-state index contributed by atoms with van der Waals surface area (Å²) < 4.78 is 0. The van der Waals surface area contributed by atoms with E-state index in [1.165, 1.54) is 12.4 Å². The molecule has 39 valence electrons. The smallest absolute Gasteiger partial charge is 0.180 e. The minimum atomic E-state index is -0.303. The van der Waals surface area contributed by atoms with E-state index in [2.05, 4.69) is 0 Å². The Morgan fingerprint density at radius 3 is 2.71 bits per heavy atom. The van der Waals surface area contributed by atoms with E-state index in [1.54, 1.807) is 0 Å². The summed E-state index contributed by atoms with van der Waals surface area (Å²) in [5.41, 5.74) is 0. The molecule has 0 atom stereocenters. The van der Waals surface area contributed by atoms with Gasteiger partial charge in [-0.2, -0.15) is 0 Å². The van der Waals surface area contributed by atoms with Crippen LogP contribution in [0.25, 0.3) is 0 Å². The molecule has 0 aromatic heterocycles. The monoisotopic (exact) mass is 99.0 g/mol. The zero-order chi connectivity index (χ0) is 5.70. The maximum Gasteiger partial charge on any atom is 0.180 e. The van der Waals surface area contributed by atoms with E-state index in [4.69, 9.17) is 5.11 Å². The van der Waals surface area contributed by atoms with Crippen molar-refractivity contribution in [2.75, 3.05) is 0 Å². The summed E-state index contributed by atoms with van der Waals surface area (Å²) in [6.45, 7) is 1.83. The Morgan fingerprint density at radius 2 is 2.57 bits per heavy atom. The fourth-order valence-corrected chi connectivity index (χ4v) is 0.235. The van der Waals surface area contributed by atoms with E-state index in [9.17, 15) is 4.79 Å². The van der Waals surface area contributed by atoms with E-state index in [0.29, 0.717) is 6.42 Å². The Morgan fingerprint density at radius 1 is 2.00 bits per heavy atom. The molecule has 2 heteroatoms. The van der Waals surface area contributed by atoms with Crippen LogP contribution in [0.3, 0.4) is 0 Å². The first-order valence-corrected chi connectivity index (χ1v) is 2.08. The second-order valence-corrected chi connectivity index (χ2v) is 1.10. The third-order valence-corrected chi connectivity index (χ3v) is 0.502. The molecular weight excluding hydrogens is 92.1 g/mol. The van der Waals surface area contributed by atoms with Crippen molar-refractivity contribution in [2.45, 2.75) is 13.3 Å². The highest BCUT2D eigenvalue weighted by Gasteiger charge is 1.86. The summed E-state index contributed by atoms with van der Waals surface area (Å²) in [6.07, 6.45) is 2.06. The van der Waals surface area contributed by atoms with Gasteiger partial charge in [0.25, 0.3) is 0 Å². The summed E-state index contributed by atoms with van der Waals surface area (Å²) in [6, 6.07) is 0. The third-order valence-electron chi connectivity index (χ3n) is 0.502. The van der Waals surface area contributed by atoms with Gasteiger partial charge >= 0.3 is 0 Å². The molecule has 2 nitrogen and oxygen atoms in total. The molecule has 0 aliphatic rings. The minimum Gasteiger partial charge on any atom is -0.502 e. The highest BCUT2D eigenvalue weighted by Crippen LogP contribution is 1.90. The average molecular weight is 99.1 g/mol. The Kier molecular flexibility index (Phi) is 3.07. The SMILES string of the molecule is CC[CH]C(O)=C=O. The predicted octanol–water partition coefficient (Wildman–Crippen LogP) is 0.874. The quantitative estimate of drug-likeness (QED) is 0.412. The van der Waals surface area contributed by atoms with Crippen LogP contribution in [0.15, 0.2) is 5.76 Å². The van der Waals surface area contributed by atoms with Crippen LogP contribution in [0, 0.1) is 6.42 Å². The molecule has 1 N–H and O–H groups in total. The standard InChI is InChI=1S/C5H7O2/c1-2-3-5(7)4-6/h3,7H,2H2,1H3. The van der Waals surface area contributed by atoms with Gasteiger partial charge in [0.2, 0.25) is 0 Å². The molecule has 0 saturated heterocycles. The minimum absolute atomic E-state index is 0.303. The summed E-state index contributed by atoms with van der Waals surface area (Å²) in [5.74, 6) is 1.03. The van der Waals surface area contributed by atoms with Crippen LogP contribution < -0.4 is 0 Å². The molecule has 0 fully saturated rings. The molecule has 1 radical (unpaired) electrons. The van der Waals surface area contributed by atoms with Crippen LogP contribution in [0.4, 0.5) is 0 Å². The summed E-state index contributed by atoms with van der Waals surface area (Å²) in [7, 11) is 0. The maximum absolute atomic E-state index is 9.45. The maximum atomic E-state index is 9.45. The van der Waals surface area contributed by atoms with Crippen molar-refractivity contribution in [1.82, 2.24) is 0 Å². The van der Waals surface area contributed by atoms with Gasteiger partial charge in [0.15, 0.2) is 11.7 Å². The molecule has 0 aliphatic heterocycles. The van der Waals surface area contributed by atoms with Gasteiger partial charge < -0.3 is 5.11 Å². The van der Waals surface area contributed by atoms with E-state index in [1.807, 2.05) is 6.92 Å². The Balaban J connectivity index is 3.37. The van der Waals surface area contributed by atoms with Gasteiger partial charge in [0, 0.05) is 6.42 Å². The van der Waals surface area contributed by atoms with Crippen LogP contribution in [-0.4, -0.2) is 11.0 Å². The summed E-state index contributed by atoms with van der Waals surface area (Å²) in [5, 5.41) is 8.30. The van der Waals surface area contributed by atoms with Crippen LogP contribution in [0.5, 0.6) is 0 Å². The van der Waals surface area contributed by atoms with Crippen LogP contribution in [0.1, 0.15) is 13.3 Å². The molecule has 0 rings (SSSR count). The molecule has 0 aliphatic carbocycles. The molecule has 0 aromatic carbocycles. The number of aliphatic hydroxyl groups excluding tert-OH is 1. The third kappa shape index (κ3) is 3.07. The molecule has 0 bridgehead atoms. The fourth-order valence-electron chi connectivity index (χ4n) is 0.235. The largest absolute Gasteiger partial charge is 0.502 e. The second kappa shape index (κ2) is 3.44. The van der Waals surface area contributed by atoms with Gasteiger partial charge in [-0.1, -0.05) is 6.92 Å². The average Bonchev–Trinajstić information content (AvgIpc) is 1.68. The Hall–Kier alpha value is -0.750. The molecule has 0 spiro atoms. The van der Waals surface area contributed by atoms with E-state index < -0.39 is 0 Å². The van der Waals surface area contributed by atoms with Crippen molar-refractivity contribution in [2.24, 2.45) is 0 Å². The summed E-state index contributed by atoms with van der Waals surface area (Å²) >= 11 is 0. The number of allylic oxidation sites excluding steroid dienone is 1. The molecule has 0 unspecified atom stereocenters. The lowest BCUT2D eigenvalue weighted by Crippen LogP contribution is -1.79. The number of hydrogen-bond acceptors (Lipinski definition) is 2. The summed E-state index contributed by atoms with van der Waals surface area (Å²) in [4.78, 5) is 9.45. The van der Waals surface area contributed by atoms with Crippen molar-refractivity contribution in [3.05, 3.63) is 12.2 Å². The van der Waals surface area contributed by atoms with Gasteiger partial charge in [-0.15, -0.1) is 0 Å². The predicted molar refractivity (Wildman–Crippen MR) is 26.4 cm³/mol. The number of rotatable bonds is 2. The first-order valence-electron chi connectivity index (χ1n) is 2.08. The Labute approximate surface area is 42.5 Å². The van der Waals surface area contributed by atoms with E-state index in [-0.39, 0.29) is 5.76 Å². The van der Waals surface area contributed by atoms with E-state index >= 15 is 0 Å². The highest BCUT2D eigenvalue weighted by atomic mass is 16.3. The number of hydrogen-bond donors (Lipinski definition) is 1. The lowest BCUT2D eigenvalue weighted by molar-refractivity contribution is 0.417. The molecule has 0 heterocycles. The van der Waals surface area contributed by atoms with Crippen molar-refractivity contribution in [3.63, 3.8) is 0 Å². The van der Waals surface area contributed by atoms with Crippen molar-refractivity contribution < 1.29 is 9.90 Å². The highest BCUT2D eigenvalue weighted by molar-refractivity contribution is 5.51. The van der Waals surface area contributed by atoms with Crippen molar-refractivity contribution >= 4 is 5.94 Å².